The fourth-order valence-corrected chi connectivity index (χ4v) is 2.43. The van der Waals surface area contributed by atoms with E-state index in [-0.39, 0.29) is 0 Å². The molecule has 0 radical (unpaired) electrons. The van der Waals surface area contributed by atoms with Gasteiger partial charge in [0.2, 0.25) is 0 Å². The molecule has 124 valence electrons. The van der Waals surface area contributed by atoms with E-state index >= 15 is 0 Å². The largest absolute Gasteiger partial charge is 0.423 e. The zero-order valence-corrected chi connectivity index (χ0v) is 14.8. The van der Waals surface area contributed by atoms with E-state index in [1.54, 1.807) is 17.0 Å². The van der Waals surface area contributed by atoms with Crippen LogP contribution in [-0.4, -0.2) is 25.0 Å². The standard InChI is InChI=1S/C20H22N2O2/c1-13-6-8-16(9-7-13)20(23)24-19-11-15(3)14(2)10-17(19)18(12-21)22(4)5/h6-11,18H,1-5H3. The van der Waals surface area contributed by atoms with Crippen molar-refractivity contribution in [2.75, 3.05) is 14.1 Å². The second-order valence-electron chi connectivity index (χ2n) is 6.23. The molecule has 0 heterocycles. The number of hydrogen-bond acceptors (Lipinski definition) is 4. The van der Waals surface area contributed by atoms with Gasteiger partial charge in [-0.25, -0.2) is 4.79 Å². The maximum atomic E-state index is 12.4. The number of aryl methyl sites for hydroxylation is 3. The topological polar surface area (TPSA) is 53.3 Å². The summed E-state index contributed by atoms with van der Waals surface area (Å²) in [6.45, 7) is 5.90. The molecular weight excluding hydrogens is 300 g/mol. The molecule has 0 amide bonds. The van der Waals surface area contributed by atoms with E-state index in [1.807, 2.05) is 59.1 Å². The van der Waals surface area contributed by atoms with E-state index in [1.165, 1.54) is 0 Å². The van der Waals surface area contributed by atoms with Crippen LogP contribution in [0.2, 0.25) is 0 Å². The average molecular weight is 322 g/mol. The highest BCUT2D eigenvalue weighted by molar-refractivity contribution is 5.91. The number of ether oxygens (including phenoxy) is 1. The van der Waals surface area contributed by atoms with Gasteiger partial charge >= 0.3 is 5.97 Å². The number of carbonyl (C=O) groups excluding carboxylic acids is 1. The minimum Gasteiger partial charge on any atom is -0.423 e. The number of esters is 1. The maximum absolute atomic E-state index is 12.4. The second kappa shape index (κ2) is 7.29. The lowest BCUT2D eigenvalue weighted by Crippen LogP contribution is -2.20. The summed E-state index contributed by atoms with van der Waals surface area (Å²) in [6, 6.07) is 12.7. The lowest BCUT2D eigenvalue weighted by molar-refractivity contribution is 0.0731. The van der Waals surface area contributed by atoms with Crippen LogP contribution in [0.5, 0.6) is 5.75 Å². The summed E-state index contributed by atoms with van der Waals surface area (Å²) in [5.41, 5.74) is 4.34. The molecule has 0 bridgehead atoms. The van der Waals surface area contributed by atoms with Gasteiger partial charge in [-0.2, -0.15) is 5.26 Å². The number of rotatable bonds is 4. The molecule has 2 rings (SSSR count). The molecule has 0 spiro atoms. The number of hydrogen-bond donors (Lipinski definition) is 0. The third-order valence-electron chi connectivity index (χ3n) is 4.05. The van der Waals surface area contributed by atoms with Gasteiger partial charge in [0.25, 0.3) is 0 Å². The molecule has 2 aromatic rings. The highest BCUT2D eigenvalue weighted by Gasteiger charge is 2.21. The molecule has 4 heteroatoms. The van der Waals surface area contributed by atoms with Crippen LogP contribution >= 0.6 is 0 Å². The first-order chi connectivity index (χ1) is 11.3. The minimum absolute atomic E-state index is 0.421. The van der Waals surface area contributed by atoms with E-state index in [0.717, 1.165) is 16.7 Å². The Morgan fingerprint density at radius 2 is 1.67 bits per heavy atom. The van der Waals surface area contributed by atoms with Crippen molar-refractivity contribution in [1.82, 2.24) is 4.90 Å². The molecular formula is C20H22N2O2. The summed E-state index contributed by atoms with van der Waals surface area (Å²) in [4.78, 5) is 14.2. The summed E-state index contributed by atoms with van der Waals surface area (Å²) < 4.78 is 5.62. The molecule has 0 aromatic heterocycles. The van der Waals surface area contributed by atoms with Crippen LogP contribution in [-0.2, 0) is 0 Å². The first kappa shape index (κ1) is 17.7. The molecule has 0 aliphatic rings. The van der Waals surface area contributed by atoms with Gasteiger partial charge in [0, 0.05) is 5.56 Å². The molecule has 0 aliphatic carbocycles. The van der Waals surface area contributed by atoms with Gasteiger partial charge in [-0.05, 0) is 70.3 Å². The van der Waals surface area contributed by atoms with Crippen LogP contribution in [0, 0.1) is 32.1 Å². The van der Waals surface area contributed by atoms with E-state index in [9.17, 15) is 10.1 Å². The third-order valence-corrected chi connectivity index (χ3v) is 4.05. The summed E-state index contributed by atoms with van der Waals surface area (Å²) in [7, 11) is 3.66. The summed E-state index contributed by atoms with van der Waals surface area (Å²) in [5.74, 6) is 0.0128. The lowest BCUT2D eigenvalue weighted by atomic mass is 9.99. The summed E-state index contributed by atoms with van der Waals surface area (Å²) >= 11 is 0. The predicted molar refractivity (Wildman–Crippen MR) is 94.1 cm³/mol. The molecule has 0 fully saturated rings. The molecule has 0 saturated heterocycles. The van der Waals surface area contributed by atoms with Crippen LogP contribution in [0.1, 0.15) is 38.7 Å². The van der Waals surface area contributed by atoms with Crippen molar-refractivity contribution < 1.29 is 9.53 Å². The van der Waals surface area contributed by atoms with Crippen LogP contribution < -0.4 is 4.74 Å². The van der Waals surface area contributed by atoms with Crippen LogP contribution in [0.4, 0.5) is 0 Å². The van der Waals surface area contributed by atoms with Crippen molar-refractivity contribution in [3.05, 3.63) is 64.2 Å². The molecule has 1 unspecified atom stereocenters. The van der Waals surface area contributed by atoms with Gasteiger partial charge in [0.15, 0.2) is 0 Å². The minimum atomic E-state index is -0.481. The van der Waals surface area contributed by atoms with Crippen molar-refractivity contribution in [3.63, 3.8) is 0 Å². The zero-order chi connectivity index (χ0) is 17.9. The van der Waals surface area contributed by atoms with Crippen molar-refractivity contribution in [2.45, 2.75) is 26.8 Å². The maximum Gasteiger partial charge on any atom is 0.343 e. The van der Waals surface area contributed by atoms with Gasteiger partial charge in [-0.3, -0.25) is 4.90 Å². The lowest BCUT2D eigenvalue weighted by Gasteiger charge is -2.21. The van der Waals surface area contributed by atoms with Gasteiger partial charge in [-0.15, -0.1) is 0 Å². The van der Waals surface area contributed by atoms with E-state index in [4.69, 9.17) is 4.74 Å². The Morgan fingerprint density at radius 1 is 1.08 bits per heavy atom. The first-order valence-electron chi connectivity index (χ1n) is 7.79. The molecule has 1 atom stereocenters. The van der Waals surface area contributed by atoms with E-state index < -0.39 is 12.0 Å². The molecule has 2 aromatic carbocycles. The third kappa shape index (κ3) is 3.81. The summed E-state index contributed by atoms with van der Waals surface area (Å²) in [6.07, 6.45) is 0. The molecule has 0 N–H and O–H groups in total. The molecule has 0 aliphatic heterocycles. The Balaban J connectivity index is 2.42. The monoisotopic (exact) mass is 322 g/mol. The highest BCUT2D eigenvalue weighted by atomic mass is 16.5. The molecule has 4 nitrogen and oxygen atoms in total. The van der Waals surface area contributed by atoms with E-state index in [0.29, 0.717) is 16.9 Å². The number of nitriles is 1. The highest BCUT2D eigenvalue weighted by Crippen LogP contribution is 2.31. The Hall–Kier alpha value is -2.64. The van der Waals surface area contributed by atoms with Gasteiger partial charge < -0.3 is 4.74 Å². The summed E-state index contributed by atoms with van der Waals surface area (Å²) in [5, 5.41) is 9.48. The quantitative estimate of drug-likeness (QED) is 0.631. The Kier molecular flexibility index (Phi) is 5.38. The normalized spacial score (nSPS) is 11.9. The van der Waals surface area contributed by atoms with Gasteiger partial charge in [0.05, 0.1) is 11.6 Å². The Bertz CT molecular complexity index is 787. The number of carbonyl (C=O) groups is 1. The SMILES string of the molecule is Cc1ccc(C(=O)Oc2cc(C)c(C)cc2C(C#N)N(C)C)cc1. The van der Waals surface area contributed by atoms with Crippen molar-refractivity contribution in [1.29, 1.82) is 5.26 Å². The van der Waals surface area contributed by atoms with Gasteiger partial charge in [0.1, 0.15) is 11.8 Å². The van der Waals surface area contributed by atoms with Crippen LogP contribution in [0.25, 0.3) is 0 Å². The first-order valence-corrected chi connectivity index (χ1v) is 7.79. The number of nitrogens with zero attached hydrogens (tertiary/aromatic N) is 2. The van der Waals surface area contributed by atoms with Gasteiger partial charge in [-0.1, -0.05) is 17.7 Å². The van der Waals surface area contributed by atoms with Crippen molar-refractivity contribution in [2.24, 2.45) is 0 Å². The fraction of sp³-hybridized carbons (Fsp3) is 0.300. The average Bonchev–Trinajstić information content (AvgIpc) is 2.52. The Labute approximate surface area is 143 Å². The second-order valence-corrected chi connectivity index (χ2v) is 6.23. The van der Waals surface area contributed by atoms with E-state index in [2.05, 4.69) is 6.07 Å². The van der Waals surface area contributed by atoms with Crippen molar-refractivity contribution in [3.8, 4) is 11.8 Å². The van der Waals surface area contributed by atoms with Crippen LogP contribution in [0.3, 0.4) is 0 Å². The van der Waals surface area contributed by atoms with Crippen molar-refractivity contribution >= 4 is 5.97 Å². The molecule has 0 saturated carbocycles. The fourth-order valence-electron chi connectivity index (χ4n) is 2.43. The number of benzene rings is 2. The predicted octanol–water partition coefficient (Wildman–Crippen LogP) is 3.96. The molecule has 24 heavy (non-hydrogen) atoms. The smallest absolute Gasteiger partial charge is 0.343 e. The zero-order valence-electron chi connectivity index (χ0n) is 14.8. The van der Waals surface area contributed by atoms with Crippen LogP contribution in [0.15, 0.2) is 36.4 Å². The Morgan fingerprint density at radius 3 is 2.21 bits per heavy atom.